The fourth-order valence-electron chi connectivity index (χ4n) is 3.87. The molecule has 0 fully saturated rings. The van der Waals surface area contributed by atoms with Crippen molar-refractivity contribution >= 4 is 15.7 Å². The van der Waals surface area contributed by atoms with Crippen molar-refractivity contribution in [3.63, 3.8) is 0 Å². The number of halogens is 1. The maximum absolute atomic E-state index is 14.0. The summed E-state index contributed by atoms with van der Waals surface area (Å²) in [6.45, 7) is 0.620. The molecule has 158 valence electrons. The van der Waals surface area contributed by atoms with Gasteiger partial charge in [-0.2, -0.15) is 4.31 Å². The van der Waals surface area contributed by atoms with E-state index in [9.17, 15) is 17.6 Å². The van der Waals surface area contributed by atoms with Crippen molar-refractivity contribution in [1.29, 1.82) is 0 Å². The van der Waals surface area contributed by atoms with E-state index in [0.29, 0.717) is 24.2 Å². The van der Waals surface area contributed by atoms with E-state index < -0.39 is 21.5 Å². The third kappa shape index (κ3) is 3.45. The first-order valence-corrected chi connectivity index (χ1v) is 11.3. The van der Waals surface area contributed by atoms with Crippen LogP contribution in [-0.2, 0) is 29.5 Å². The molecule has 3 heterocycles. The molecule has 2 aromatic carbocycles. The van der Waals surface area contributed by atoms with Gasteiger partial charge in [0, 0.05) is 24.8 Å². The molecule has 0 saturated heterocycles. The molecule has 0 N–H and O–H groups in total. The molecule has 0 spiro atoms. The molecule has 7 nitrogen and oxygen atoms in total. The highest BCUT2D eigenvalue weighted by atomic mass is 32.2. The normalized spacial score (nSPS) is 14.6. The lowest BCUT2D eigenvalue weighted by Crippen LogP contribution is -2.36. The van der Waals surface area contributed by atoms with Gasteiger partial charge in [-0.25, -0.2) is 26.7 Å². The van der Waals surface area contributed by atoms with Crippen LogP contribution < -0.4 is 5.69 Å². The topological polar surface area (TPSA) is 76.7 Å². The molecule has 4 aromatic rings. The van der Waals surface area contributed by atoms with Crippen molar-refractivity contribution < 1.29 is 12.8 Å². The first-order valence-electron chi connectivity index (χ1n) is 9.83. The molecule has 0 unspecified atom stereocenters. The van der Waals surface area contributed by atoms with E-state index in [0.717, 1.165) is 15.8 Å². The van der Waals surface area contributed by atoms with Crippen LogP contribution in [0.2, 0.25) is 0 Å². The lowest BCUT2D eigenvalue weighted by atomic mass is 10.0. The Morgan fingerprint density at radius 1 is 0.968 bits per heavy atom. The molecule has 0 amide bonds. The SMILES string of the molecule is O=c1n(Cc2ccccc2F)nc2ccc(S(=O)(=O)N3CCc4ccccc4C3)cn12. The average molecular weight is 438 g/mol. The summed E-state index contributed by atoms with van der Waals surface area (Å²) in [5, 5.41) is 4.21. The van der Waals surface area contributed by atoms with Gasteiger partial charge >= 0.3 is 5.69 Å². The molecular formula is C22H19FN4O3S. The van der Waals surface area contributed by atoms with Gasteiger partial charge in [0.05, 0.1) is 11.4 Å². The van der Waals surface area contributed by atoms with Gasteiger partial charge in [0.25, 0.3) is 0 Å². The quantitative estimate of drug-likeness (QED) is 0.490. The molecule has 5 rings (SSSR count). The molecule has 1 aliphatic heterocycles. The minimum Gasteiger partial charge on any atom is -0.249 e. The maximum atomic E-state index is 14.0. The Bertz CT molecular complexity index is 1460. The highest BCUT2D eigenvalue weighted by molar-refractivity contribution is 7.89. The van der Waals surface area contributed by atoms with Crippen LogP contribution in [0.1, 0.15) is 16.7 Å². The van der Waals surface area contributed by atoms with Gasteiger partial charge < -0.3 is 0 Å². The van der Waals surface area contributed by atoms with Crippen LogP contribution in [0.25, 0.3) is 5.65 Å². The monoisotopic (exact) mass is 438 g/mol. The van der Waals surface area contributed by atoms with E-state index in [2.05, 4.69) is 5.10 Å². The Morgan fingerprint density at radius 3 is 2.52 bits per heavy atom. The van der Waals surface area contributed by atoms with Crippen LogP contribution in [0, 0.1) is 5.82 Å². The van der Waals surface area contributed by atoms with E-state index in [1.807, 2.05) is 24.3 Å². The number of aromatic nitrogens is 3. The van der Waals surface area contributed by atoms with Gasteiger partial charge in [-0.1, -0.05) is 42.5 Å². The fourth-order valence-corrected chi connectivity index (χ4v) is 5.28. The zero-order chi connectivity index (χ0) is 21.6. The minimum atomic E-state index is -3.79. The molecule has 31 heavy (non-hydrogen) atoms. The summed E-state index contributed by atoms with van der Waals surface area (Å²) < 4.78 is 44.2. The van der Waals surface area contributed by atoms with Gasteiger partial charge in [-0.15, -0.1) is 5.10 Å². The van der Waals surface area contributed by atoms with E-state index in [4.69, 9.17) is 0 Å². The lowest BCUT2D eigenvalue weighted by Gasteiger charge is -2.28. The third-order valence-corrected chi connectivity index (χ3v) is 7.39. The third-order valence-electron chi connectivity index (χ3n) is 5.56. The van der Waals surface area contributed by atoms with Crippen LogP contribution in [0.15, 0.2) is 76.6 Å². The standard InChI is InChI=1S/C22H19FN4O3S/c23-20-8-4-3-7-18(20)14-27-22(28)26-15-19(9-10-21(26)24-27)31(29,30)25-12-11-16-5-1-2-6-17(16)13-25/h1-10,15H,11-14H2. The highest BCUT2D eigenvalue weighted by Gasteiger charge is 2.29. The zero-order valence-electron chi connectivity index (χ0n) is 16.5. The zero-order valence-corrected chi connectivity index (χ0v) is 17.3. The summed E-state index contributed by atoms with van der Waals surface area (Å²) in [6.07, 6.45) is 1.93. The first kappa shape index (κ1) is 19.7. The van der Waals surface area contributed by atoms with Gasteiger partial charge in [-0.3, -0.25) is 0 Å². The van der Waals surface area contributed by atoms with Crippen LogP contribution in [0.5, 0.6) is 0 Å². The minimum absolute atomic E-state index is 0.0203. The predicted octanol–water partition coefficient (Wildman–Crippen LogP) is 2.43. The Hall–Kier alpha value is -3.30. The predicted molar refractivity (Wildman–Crippen MR) is 113 cm³/mol. The molecule has 1 aliphatic rings. The smallest absolute Gasteiger partial charge is 0.249 e. The molecule has 0 bridgehead atoms. The van der Waals surface area contributed by atoms with Crippen molar-refractivity contribution in [3.8, 4) is 0 Å². The van der Waals surface area contributed by atoms with Crippen molar-refractivity contribution in [2.24, 2.45) is 0 Å². The number of hydrogen-bond donors (Lipinski definition) is 0. The van der Waals surface area contributed by atoms with Crippen LogP contribution in [-0.4, -0.2) is 33.4 Å². The molecule has 0 saturated carbocycles. The Labute approximate surface area is 178 Å². The molecule has 2 aromatic heterocycles. The van der Waals surface area contributed by atoms with Gasteiger partial charge in [0.2, 0.25) is 10.0 Å². The van der Waals surface area contributed by atoms with Crippen molar-refractivity contribution in [2.45, 2.75) is 24.4 Å². The molecule has 9 heteroatoms. The second-order valence-electron chi connectivity index (χ2n) is 7.48. The Kier molecular flexibility index (Phi) is 4.71. The van der Waals surface area contributed by atoms with Crippen molar-refractivity contribution in [3.05, 3.63) is 99.9 Å². The number of hydrogen-bond acceptors (Lipinski definition) is 4. The van der Waals surface area contributed by atoms with E-state index in [1.165, 1.54) is 33.1 Å². The number of nitrogens with zero attached hydrogens (tertiary/aromatic N) is 4. The summed E-state index contributed by atoms with van der Waals surface area (Å²) in [4.78, 5) is 12.8. The van der Waals surface area contributed by atoms with E-state index in [-0.39, 0.29) is 18.0 Å². The van der Waals surface area contributed by atoms with Crippen LogP contribution >= 0.6 is 0 Å². The Balaban J connectivity index is 1.49. The molecule has 0 aliphatic carbocycles. The average Bonchev–Trinajstić information content (AvgIpc) is 3.09. The summed E-state index contributed by atoms with van der Waals surface area (Å²) in [5.74, 6) is -0.430. The lowest BCUT2D eigenvalue weighted by molar-refractivity contribution is 0.391. The molecular weight excluding hydrogens is 419 g/mol. The molecule has 0 radical (unpaired) electrons. The Morgan fingerprint density at radius 2 is 1.71 bits per heavy atom. The summed E-state index contributed by atoms with van der Waals surface area (Å²) in [7, 11) is -3.79. The van der Waals surface area contributed by atoms with E-state index in [1.54, 1.807) is 18.2 Å². The summed E-state index contributed by atoms with van der Waals surface area (Å²) in [6, 6.07) is 16.9. The van der Waals surface area contributed by atoms with Gasteiger partial charge in [0.15, 0.2) is 5.65 Å². The molecule has 0 atom stereocenters. The fraction of sp³-hybridized carbons (Fsp3) is 0.182. The maximum Gasteiger partial charge on any atom is 0.350 e. The number of pyridine rings is 1. The van der Waals surface area contributed by atoms with Crippen LogP contribution in [0.3, 0.4) is 0 Å². The second-order valence-corrected chi connectivity index (χ2v) is 9.42. The van der Waals surface area contributed by atoms with Crippen LogP contribution in [0.4, 0.5) is 4.39 Å². The number of benzene rings is 2. The number of rotatable bonds is 4. The number of sulfonamides is 1. The summed E-state index contributed by atoms with van der Waals surface area (Å²) >= 11 is 0. The van der Waals surface area contributed by atoms with E-state index >= 15 is 0 Å². The van der Waals surface area contributed by atoms with Gasteiger partial charge in [-0.05, 0) is 35.7 Å². The van der Waals surface area contributed by atoms with Crippen molar-refractivity contribution in [1.82, 2.24) is 18.5 Å². The first-order chi connectivity index (χ1) is 14.9. The van der Waals surface area contributed by atoms with Crippen molar-refractivity contribution in [2.75, 3.05) is 6.54 Å². The second kappa shape index (κ2) is 7.44. The number of fused-ring (bicyclic) bond motifs is 2. The summed E-state index contributed by atoms with van der Waals surface area (Å²) in [5.41, 5.74) is 2.22. The highest BCUT2D eigenvalue weighted by Crippen LogP contribution is 2.24. The van der Waals surface area contributed by atoms with Gasteiger partial charge in [0.1, 0.15) is 5.82 Å². The largest absolute Gasteiger partial charge is 0.350 e.